The van der Waals surface area contributed by atoms with Crippen LogP contribution in [0.3, 0.4) is 0 Å². The molecule has 0 aromatic carbocycles. The largest absolute Gasteiger partial charge is 0.255 e. The van der Waals surface area contributed by atoms with E-state index in [1.165, 1.54) is 0 Å². The summed E-state index contributed by atoms with van der Waals surface area (Å²) in [6.45, 7) is 7.63. The average Bonchev–Trinajstić information content (AvgIpc) is 2.33. The molecule has 1 aliphatic heterocycles. The minimum atomic E-state index is -0.260. The molecule has 1 heterocycles. The maximum atomic E-state index is 6.01. The summed E-state index contributed by atoms with van der Waals surface area (Å²) in [5, 5.41) is 3.48. The third kappa shape index (κ3) is 2.50. The summed E-state index contributed by atoms with van der Waals surface area (Å²) in [4.78, 5) is 5.59. The number of allylic oxidation sites excluding steroid dienone is 1. The molecular formula is C10H16ClN2O. The number of hydrogen-bond donors (Lipinski definition) is 0. The van der Waals surface area contributed by atoms with Gasteiger partial charge in [-0.1, -0.05) is 17.7 Å². The van der Waals surface area contributed by atoms with Crippen molar-refractivity contribution in [2.75, 3.05) is 7.05 Å². The zero-order valence-corrected chi connectivity index (χ0v) is 9.58. The topological polar surface area (TPSA) is 15.7 Å². The molecule has 14 heavy (non-hydrogen) atoms. The van der Waals surface area contributed by atoms with Crippen LogP contribution in [0.15, 0.2) is 18.4 Å². The fraction of sp³-hybridized carbons (Fsp3) is 0.600. The van der Waals surface area contributed by atoms with Gasteiger partial charge in [-0.05, 0) is 13.8 Å². The van der Waals surface area contributed by atoms with Crippen molar-refractivity contribution in [3.63, 3.8) is 0 Å². The first kappa shape index (κ1) is 11.6. The lowest BCUT2D eigenvalue weighted by molar-refractivity contribution is -0.263. The van der Waals surface area contributed by atoms with Gasteiger partial charge >= 0.3 is 0 Å². The van der Waals surface area contributed by atoms with Crippen molar-refractivity contribution in [3.05, 3.63) is 24.4 Å². The molecule has 0 aliphatic carbocycles. The Morgan fingerprint density at radius 3 is 2.86 bits per heavy atom. The second-order valence-corrected chi connectivity index (χ2v) is 3.83. The van der Waals surface area contributed by atoms with Crippen LogP contribution in [0, 0.1) is 6.08 Å². The van der Waals surface area contributed by atoms with Gasteiger partial charge in [0.15, 0.2) is 0 Å². The predicted octanol–water partition coefficient (Wildman–Crippen LogP) is 2.32. The molecule has 0 bridgehead atoms. The fourth-order valence-corrected chi connectivity index (χ4v) is 1.39. The monoisotopic (exact) mass is 215 g/mol. The fourth-order valence-electron chi connectivity index (χ4n) is 1.18. The Labute approximate surface area is 90.5 Å². The van der Waals surface area contributed by atoms with Crippen LogP contribution in [0.25, 0.3) is 0 Å². The number of hydroxylamine groups is 1. The van der Waals surface area contributed by atoms with E-state index in [0.29, 0.717) is 6.42 Å². The third-order valence-electron chi connectivity index (χ3n) is 1.78. The Morgan fingerprint density at radius 1 is 1.71 bits per heavy atom. The second-order valence-electron chi connectivity index (χ2n) is 3.42. The number of halogens is 1. The molecule has 0 fully saturated rings. The van der Waals surface area contributed by atoms with Gasteiger partial charge in [0, 0.05) is 19.5 Å². The highest BCUT2D eigenvalue weighted by Gasteiger charge is 2.29. The van der Waals surface area contributed by atoms with Crippen LogP contribution in [0.5, 0.6) is 0 Å². The Hall–Kier alpha value is -0.510. The summed E-state index contributed by atoms with van der Waals surface area (Å²) in [5.74, 6) is 0. The number of rotatable bonds is 4. The normalized spacial score (nSPS) is 23.1. The SMILES string of the molecule is C=CCC1=[C]C(Cl)N(C)N1OC(C)C. The van der Waals surface area contributed by atoms with Crippen molar-refractivity contribution in [1.29, 1.82) is 0 Å². The molecule has 3 nitrogen and oxygen atoms in total. The first-order valence-corrected chi connectivity index (χ1v) is 5.07. The smallest absolute Gasteiger partial charge is 0.132 e. The van der Waals surface area contributed by atoms with Crippen LogP contribution in [-0.4, -0.2) is 28.8 Å². The molecule has 1 radical (unpaired) electrons. The van der Waals surface area contributed by atoms with Crippen LogP contribution in [0.1, 0.15) is 20.3 Å². The zero-order chi connectivity index (χ0) is 10.7. The quantitative estimate of drug-likeness (QED) is 0.407. The van der Waals surface area contributed by atoms with E-state index in [0.717, 1.165) is 5.70 Å². The van der Waals surface area contributed by atoms with Gasteiger partial charge in [-0.2, -0.15) is 10.2 Å². The van der Waals surface area contributed by atoms with Crippen molar-refractivity contribution in [1.82, 2.24) is 10.2 Å². The highest BCUT2D eigenvalue weighted by atomic mass is 35.5. The van der Waals surface area contributed by atoms with Crippen LogP contribution in [-0.2, 0) is 4.84 Å². The molecule has 0 aromatic rings. The summed E-state index contributed by atoms with van der Waals surface area (Å²) < 4.78 is 0. The van der Waals surface area contributed by atoms with Gasteiger partial charge in [0.2, 0.25) is 0 Å². The van der Waals surface area contributed by atoms with Gasteiger partial charge in [0.25, 0.3) is 0 Å². The van der Waals surface area contributed by atoms with E-state index in [2.05, 4.69) is 12.7 Å². The Morgan fingerprint density at radius 2 is 2.36 bits per heavy atom. The van der Waals surface area contributed by atoms with Crippen LogP contribution < -0.4 is 0 Å². The van der Waals surface area contributed by atoms with Crippen molar-refractivity contribution < 1.29 is 4.84 Å². The lowest BCUT2D eigenvalue weighted by atomic mass is 10.3. The molecule has 0 saturated carbocycles. The van der Waals surface area contributed by atoms with E-state index in [1.807, 2.05) is 27.0 Å². The third-order valence-corrected chi connectivity index (χ3v) is 2.17. The van der Waals surface area contributed by atoms with Gasteiger partial charge in [0.05, 0.1) is 11.8 Å². The van der Waals surface area contributed by atoms with Crippen LogP contribution >= 0.6 is 11.6 Å². The first-order valence-electron chi connectivity index (χ1n) is 4.63. The molecule has 0 aromatic heterocycles. The molecule has 79 valence electrons. The summed E-state index contributed by atoms with van der Waals surface area (Å²) >= 11 is 6.01. The van der Waals surface area contributed by atoms with E-state index < -0.39 is 0 Å². The minimum absolute atomic E-state index is 0.112. The van der Waals surface area contributed by atoms with Gasteiger partial charge < -0.3 is 0 Å². The lowest BCUT2D eigenvalue weighted by Crippen LogP contribution is -2.38. The summed E-state index contributed by atoms with van der Waals surface area (Å²) in [6, 6.07) is 0. The van der Waals surface area contributed by atoms with Crippen molar-refractivity contribution in [2.24, 2.45) is 0 Å². The van der Waals surface area contributed by atoms with E-state index in [4.69, 9.17) is 16.4 Å². The summed E-state index contributed by atoms with van der Waals surface area (Å²) in [7, 11) is 1.86. The predicted molar refractivity (Wildman–Crippen MR) is 57.0 cm³/mol. The molecule has 1 unspecified atom stereocenters. The molecule has 4 heteroatoms. The highest BCUT2D eigenvalue weighted by molar-refractivity contribution is 6.21. The zero-order valence-electron chi connectivity index (χ0n) is 8.83. The van der Waals surface area contributed by atoms with Crippen molar-refractivity contribution >= 4 is 11.6 Å². The molecule has 0 saturated heterocycles. The maximum absolute atomic E-state index is 6.01. The number of hydrazine groups is 1. The van der Waals surface area contributed by atoms with Crippen molar-refractivity contribution in [3.8, 4) is 0 Å². The van der Waals surface area contributed by atoms with Crippen LogP contribution in [0.2, 0.25) is 0 Å². The molecule has 1 rings (SSSR count). The van der Waals surface area contributed by atoms with Crippen molar-refractivity contribution in [2.45, 2.75) is 31.9 Å². The number of likely N-dealkylation sites (N-methyl/N-ethyl adjacent to an activating group) is 1. The maximum Gasteiger partial charge on any atom is 0.132 e. The second kappa shape index (κ2) is 4.82. The molecule has 0 spiro atoms. The van der Waals surface area contributed by atoms with E-state index >= 15 is 0 Å². The Kier molecular flexibility index (Phi) is 3.98. The Balaban J connectivity index is 2.69. The highest BCUT2D eigenvalue weighted by Crippen LogP contribution is 2.25. The average molecular weight is 216 g/mol. The van der Waals surface area contributed by atoms with Gasteiger partial charge in [-0.25, -0.2) is 0 Å². The number of hydrogen-bond acceptors (Lipinski definition) is 3. The van der Waals surface area contributed by atoms with Gasteiger partial charge in [-0.3, -0.25) is 4.84 Å². The molecule has 0 N–H and O–H groups in total. The molecule has 0 amide bonds. The summed E-state index contributed by atoms with van der Waals surface area (Å²) in [5.41, 5.74) is 0.653. The van der Waals surface area contributed by atoms with Gasteiger partial charge in [-0.15, -0.1) is 6.58 Å². The van der Waals surface area contributed by atoms with E-state index in [1.54, 1.807) is 10.2 Å². The van der Waals surface area contributed by atoms with Gasteiger partial charge in [0.1, 0.15) is 5.50 Å². The van der Waals surface area contributed by atoms with E-state index in [-0.39, 0.29) is 11.6 Å². The van der Waals surface area contributed by atoms with E-state index in [9.17, 15) is 0 Å². The Bertz CT molecular complexity index is 240. The summed E-state index contributed by atoms with van der Waals surface area (Å²) in [6.07, 6.45) is 5.73. The van der Waals surface area contributed by atoms with Crippen LogP contribution in [0.4, 0.5) is 0 Å². The molecule has 1 atom stereocenters. The first-order chi connectivity index (χ1) is 6.56. The molecule has 1 aliphatic rings. The standard InChI is InChI=1S/C10H16ClN2O/c1-5-6-9-7-10(11)12(4)13(9)14-8(2)3/h5,8,10H,1,6H2,2-4H3. The molecular weight excluding hydrogens is 200 g/mol. The number of alkyl halides is 1. The lowest BCUT2D eigenvalue weighted by Gasteiger charge is -2.30. The number of nitrogens with zero attached hydrogens (tertiary/aromatic N) is 2. The minimum Gasteiger partial charge on any atom is -0.255 e.